The number of halogens is 1. The summed E-state index contributed by atoms with van der Waals surface area (Å²) in [4.78, 5) is 11.7. The molecular weight excluding hydrogens is 229 g/mol. The zero-order valence-corrected chi connectivity index (χ0v) is 9.90. The molecule has 0 fully saturated rings. The van der Waals surface area contributed by atoms with E-state index in [0.717, 1.165) is 12.0 Å². The highest BCUT2D eigenvalue weighted by atomic mass is 19.1. The molecule has 2 nitrogen and oxygen atoms in total. The Morgan fingerprint density at radius 2 is 1.83 bits per heavy atom. The molecule has 1 N–H and O–H groups in total. The molecule has 0 saturated heterocycles. The summed E-state index contributed by atoms with van der Waals surface area (Å²) >= 11 is 0. The number of rotatable bonds is 4. The monoisotopic (exact) mass is 243 g/mol. The summed E-state index contributed by atoms with van der Waals surface area (Å²) in [5.74, 6) is -0.642. The molecule has 0 aromatic heterocycles. The molecule has 0 aliphatic heterocycles. The lowest BCUT2D eigenvalue weighted by Crippen LogP contribution is -2.25. The summed E-state index contributed by atoms with van der Waals surface area (Å²) in [6.45, 7) is 0.541. The van der Waals surface area contributed by atoms with E-state index in [1.54, 1.807) is 6.07 Å². The molecule has 1 amide bonds. The Bertz CT molecular complexity index is 525. The van der Waals surface area contributed by atoms with Gasteiger partial charge in [-0.05, 0) is 30.2 Å². The second-order valence-corrected chi connectivity index (χ2v) is 4.00. The Labute approximate surface area is 105 Å². The van der Waals surface area contributed by atoms with Crippen molar-refractivity contribution in [3.8, 4) is 0 Å². The fourth-order valence-corrected chi connectivity index (χ4v) is 1.70. The molecule has 0 unspecified atom stereocenters. The summed E-state index contributed by atoms with van der Waals surface area (Å²) in [5.41, 5.74) is 1.51. The first-order chi connectivity index (χ1) is 8.75. The Kier molecular flexibility index (Phi) is 4.07. The van der Waals surface area contributed by atoms with E-state index in [9.17, 15) is 9.18 Å². The molecule has 2 aromatic carbocycles. The Morgan fingerprint density at radius 1 is 1.06 bits per heavy atom. The normalized spacial score (nSPS) is 10.1. The van der Waals surface area contributed by atoms with Crippen molar-refractivity contribution in [3.05, 3.63) is 71.5 Å². The second kappa shape index (κ2) is 5.96. The molecule has 2 aromatic rings. The molecule has 3 heteroatoms. The summed E-state index contributed by atoms with van der Waals surface area (Å²) in [5, 5.41) is 2.77. The molecule has 0 atom stereocenters. The van der Waals surface area contributed by atoms with Crippen molar-refractivity contribution in [3.63, 3.8) is 0 Å². The van der Waals surface area contributed by atoms with Gasteiger partial charge in [0.25, 0.3) is 5.91 Å². The van der Waals surface area contributed by atoms with Crippen LogP contribution in [0.3, 0.4) is 0 Å². The van der Waals surface area contributed by atoms with Crippen molar-refractivity contribution in [1.82, 2.24) is 5.32 Å². The topological polar surface area (TPSA) is 29.1 Å². The number of amides is 1. The standard InChI is InChI=1S/C15H14FNO/c16-14-8-4-7-13(11-14)15(18)17-10-9-12-5-2-1-3-6-12/h1-8,11H,9-10H2,(H,17,18). The fraction of sp³-hybridized carbons (Fsp3) is 0.133. The average molecular weight is 243 g/mol. The smallest absolute Gasteiger partial charge is 0.251 e. The van der Waals surface area contributed by atoms with Crippen molar-refractivity contribution in [1.29, 1.82) is 0 Å². The van der Waals surface area contributed by atoms with Crippen molar-refractivity contribution in [2.75, 3.05) is 6.54 Å². The number of hydrogen-bond donors (Lipinski definition) is 1. The molecule has 0 spiro atoms. The van der Waals surface area contributed by atoms with Crippen LogP contribution in [0.2, 0.25) is 0 Å². The number of carbonyl (C=O) groups excluding carboxylic acids is 1. The molecule has 18 heavy (non-hydrogen) atoms. The van der Waals surface area contributed by atoms with Gasteiger partial charge in [-0.3, -0.25) is 4.79 Å². The number of benzene rings is 2. The van der Waals surface area contributed by atoms with Gasteiger partial charge in [-0.1, -0.05) is 36.4 Å². The Hall–Kier alpha value is -2.16. The third kappa shape index (κ3) is 3.42. The molecule has 0 heterocycles. The summed E-state index contributed by atoms with van der Waals surface area (Å²) in [6, 6.07) is 15.6. The van der Waals surface area contributed by atoms with Crippen molar-refractivity contribution in [2.45, 2.75) is 6.42 Å². The van der Waals surface area contributed by atoms with E-state index in [1.807, 2.05) is 30.3 Å². The zero-order chi connectivity index (χ0) is 12.8. The maximum absolute atomic E-state index is 12.9. The van der Waals surface area contributed by atoms with Gasteiger partial charge in [0.05, 0.1) is 0 Å². The van der Waals surface area contributed by atoms with Crippen LogP contribution < -0.4 is 5.32 Å². The van der Waals surface area contributed by atoms with Crippen LogP contribution in [-0.2, 0) is 6.42 Å². The predicted octanol–water partition coefficient (Wildman–Crippen LogP) is 2.80. The van der Waals surface area contributed by atoms with Crippen LogP contribution in [-0.4, -0.2) is 12.5 Å². The van der Waals surface area contributed by atoms with Gasteiger partial charge in [-0.25, -0.2) is 4.39 Å². The maximum Gasteiger partial charge on any atom is 0.251 e. The minimum atomic E-state index is -0.397. The quantitative estimate of drug-likeness (QED) is 0.879. The van der Waals surface area contributed by atoms with Gasteiger partial charge >= 0.3 is 0 Å². The van der Waals surface area contributed by atoms with Gasteiger partial charge < -0.3 is 5.32 Å². The minimum absolute atomic E-state index is 0.245. The highest BCUT2D eigenvalue weighted by Gasteiger charge is 2.05. The molecule has 0 saturated carbocycles. The molecule has 0 radical (unpaired) electrons. The molecule has 92 valence electrons. The summed E-state index contributed by atoms with van der Waals surface area (Å²) < 4.78 is 12.9. The van der Waals surface area contributed by atoms with Crippen LogP contribution in [0.25, 0.3) is 0 Å². The predicted molar refractivity (Wildman–Crippen MR) is 68.9 cm³/mol. The van der Waals surface area contributed by atoms with Gasteiger partial charge in [0.15, 0.2) is 0 Å². The van der Waals surface area contributed by atoms with E-state index in [-0.39, 0.29) is 5.91 Å². The minimum Gasteiger partial charge on any atom is -0.352 e. The van der Waals surface area contributed by atoms with E-state index >= 15 is 0 Å². The lowest BCUT2D eigenvalue weighted by Gasteiger charge is -2.05. The van der Waals surface area contributed by atoms with Gasteiger partial charge in [0, 0.05) is 12.1 Å². The lowest BCUT2D eigenvalue weighted by atomic mass is 10.1. The zero-order valence-electron chi connectivity index (χ0n) is 9.90. The third-order valence-corrected chi connectivity index (χ3v) is 2.63. The third-order valence-electron chi connectivity index (χ3n) is 2.63. The Balaban J connectivity index is 1.86. The summed E-state index contributed by atoms with van der Waals surface area (Å²) in [6.07, 6.45) is 0.766. The number of carbonyl (C=O) groups is 1. The van der Waals surface area contributed by atoms with Crippen LogP contribution >= 0.6 is 0 Å². The van der Waals surface area contributed by atoms with Gasteiger partial charge in [0.1, 0.15) is 5.82 Å². The largest absolute Gasteiger partial charge is 0.352 e. The molecule has 0 aliphatic rings. The van der Waals surface area contributed by atoms with E-state index < -0.39 is 5.82 Å². The molecule has 0 aliphatic carbocycles. The van der Waals surface area contributed by atoms with Gasteiger partial charge in [0.2, 0.25) is 0 Å². The SMILES string of the molecule is O=C(NCCc1ccccc1)c1cccc(F)c1. The van der Waals surface area contributed by atoms with Crippen LogP contribution in [0.5, 0.6) is 0 Å². The van der Waals surface area contributed by atoms with Gasteiger partial charge in [-0.15, -0.1) is 0 Å². The highest BCUT2D eigenvalue weighted by molar-refractivity contribution is 5.94. The highest BCUT2D eigenvalue weighted by Crippen LogP contribution is 2.03. The number of nitrogens with one attached hydrogen (secondary N) is 1. The molecule has 2 rings (SSSR count). The van der Waals surface area contributed by atoms with Gasteiger partial charge in [-0.2, -0.15) is 0 Å². The van der Waals surface area contributed by atoms with E-state index in [4.69, 9.17) is 0 Å². The molecule has 0 bridgehead atoms. The van der Waals surface area contributed by atoms with E-state index in [2.05, 4.69) is 5.32 Å². The summed E-state index contributed by atoms with van der Waals surface area (Å²) in [7, 11) is 0. The fourth-order valence-electron chi connectivity index (χ4n) is 1.70. The van der Waals surface area contributed by atoms with E-state index in [1.165, 1.54) is 18.2 Å². The first kappa shape index (κ1) is 12.3. The van der Waals surface area contributed by atoms with Crippen molar-refractivity contribution < 1.29 is 9.18 Å². The number of hydrogen-bond acceptors (Lipinski definition) is 1. The maximum atomic E-state index is 12.9. The molecular formula is C15H14FNO. The Morgan fingerprint density at radius 3 is 2.56 bits per heavy atom. The second-order valence-electron chi connectivity index (χ2n) is 4.00. The van der Waals surface area contributed by atoms with Crippen molar-refractivity contribution >= 4 is 5.91 Å². The van der Waals surface area contributed by atoms with Crippen molar-refractivity contribution in [2.24, 2.45) is 0 Å². The van der Waals surface area contributed by atoms with Crippen LogP contribution in [0.1, 0.15) is 15.9 Å². The van der Waals surface area contributed by atoms with Crippen LogP contribution in [0.15, 0.2) is 54.6 Å². The average Bonchev–Trinajstić information content (AvgIpc) is 2.40. The first-order valence-electron chi connectivity index (χ1n) is 5.83. The van der Waals surface area contributed by atoms with Crippen LogP contribution in [0, 0.1) is 5.82 Å². The van der Waals surface area contributed by atoms with E-state index in [0.29, 0.717) is 12.1 Å². The van der Waals surface area contributed by atoms with Crippen LogP contribution in [0.4, 0.5) is 4.39 Å². The lowest BCUT2D eigenvalue weighted by molar-refractivity contribution is 0.0953. The first-order valence-corrected chi connectivity index (χ1v) is 5.83.